The van der Waals surface area contributed by atoms with Gasteiger partial charge in [0.15, 0.2) is 6.10 Å². The number of hydrogen-bond donors (Lipinski definition) is 1. The molecule has 4 aromatic rings. The maximum atomic E-state index is 13.6. The molecule has 4 atom stereocenters. The van der Waals surface area contributed by atoms with Gasteiger partial charge >= 0.3 is 5.97 Å². The van der Waals surface area contributed by atoms with E-state index in [1.165, 1.54) is 18.2 Å². The summed E-state index contributed by atoms with van der Waals surface area (Å²) in [6, 6.07) is 26.5. The number of nitro benzene ring substituents is 1. The lowest BCUT2D eigenvalue weighted by molar-refractivity contribution is -0.385. The third-order valence-corrected chi connectivity index (χ3v) is 11.8. The van der Waals surface area contributed by atoms with Gasteiger partial charge in [-0.15, -0.1) is 0 Å². The molecule has 11 nitrogen and oxygen atoms in total. The fourth-order valence-corrected chi connectivity index (χ4v) is 8.56. The Kier molecular flexibility index (Phi) is 12.0. The SMILES string of the molecule is CCOC(=O)[C@@H](Cc1ccc(OCCNS(=O)(=O)c2ccc([N+](=O)[O-])cc2C2C3CN(Cc4ccc(Cl)cc4)C[C@H]32)cc1)Oc1ccc(C(C)(C)C)cc1. The van der Waals surface area contributed by atoms with E-state index in [1.807, 2.05) is 60.7 Å². The minimum Gasteiger partial charge on any atom is -0.492 e. The summed E-state index contributed by atoms with van der Waals surface area (Å²) in [7, 11) is -4.00. The molecule has 2 unspecified atom stereocenters. The summed E-state index contributed by atoms with van der Waals surface area (Å²) in [4.78, 5) is 26.3. The quantitative estimate of drug-likeness (QED) is 0.0538. The molecule has 6 rings (SSSR count). The number of esters is 1. The van der Waals surface area contributed by atoms with Crippen molar-refractivity contribution in [3.63, 3.8) is 0 Å². The van der Waals surface area contributed by atoms with Crippen LogP contribution in [-0.4, -0.2) is 63.2 Å². The number of carbonyl (C=O) groups excluding carboxylic acids is 1. The van der Waals surface area contributed by atoms with Crippen molar-refractivity contribution in [2.24, 2.45) is 11.8 Å². The minimum atomic E-state index is -4.00. The van der Waals surface area contributed by atoms with Crippen LogP contribution in [0.4, 0.5) is 5.69 Å². The number of fused-ring (bicyclic) bond motifs is 1. The predicted molar refractivity (Wildman–Crippen MR) is 207 cm³/mol. The Hall–Kier alpha value is -4.49. The van der Waals surface area contributed by atoms with Gasteiger partial charge in [-0.1, -0.05) is 68.8 Å². The Morgan fingerprint density at radius 3 is 2.19 bits per heavy atom. The molecule has 13 heteroatoms. The zero-order valence-corrected chi connectivity index (χ0v) is 32.4. The van der Waals surface area contributed by atoms with Crippen LogP contribution in [-0.2, 0) is 37.9 Å². The lowest BCUT2D eigenvalue weighted by atomic mass is 9.87. The Morgan fingerprint density at radius 2 is 1.57 bits per heavy atom. The van der Waals surface area contributed by atoms with Crippen LogP contribution in [0.1, 0.15) is 55.9 Å². The number of ether oxygens (including phenoxy) is 3. The number of nitro groups is 1. The summed E-state index contributed by atoms with van der Waals surface area (Å²) in [5, 5.41) is 12.3. The van der Waals surface area contributed by atoms with Crippen LogP contribution in [0, 0.1) is 22.0 Å². The van der Waals surface area contributed by atoms with E-state index in [2.05, 4.69) is 30.4 Å². The summed E-state index contributed by atoms with van der Waals surface area (Å²) in [5.41, 5.74) is 3.47. The number of rotatable bonds is 16. The summed E-state index contributed by atoms with van der Waals surface area (Å²) in [6.07, 6.45) is -0.569. The number of hydrogen-bond acceptors (Lipinski definition) is 9. The van der Waals surface area contributed by atoms with Gasteiger partial charge in [0, 0.05) is 49.8 Å². The van der Waals surface area contributed by atoms with Gasteiger partial charge in [0.1, 0.15) is 18.1 Å². The molecule has 0 amide bonds. The highest BCUT2D eigenvalue weighted by molar-refractivity contribution is 7.89. The molecule has 2 aliphatic rings. The molecule has 1 saturated carbocycles. The third kappa shape index (κ3) is 9.59. The number of halogens is 1. The van der Waals surface area contributed by atoms with E-state index in [4.69, 9.17) is 25.8 Å². The van der Waals surface area contributed by atoms with Gasteiger partial charge in [0.25, 0.3) is 5.69 Å². The van der Waals surface area contributed by atoms with E-state index < -0.39 is 27.0 Å². The van der Waals surface area contributed by atoms with E-state index in [0.717, 1.165) is 36.3 Å². The molecule has 0 spiro atoms. The zero-order chi connectivity index (χ0) is 38.6. The fourth-order valence-electron chi connectivity index (χ4n) is 7.17. The minimum absolute atomic E-state index is 0.0110. The Morgan fingerprint density at radius 1 is 0.944 bits per heavy atom. The van der Waals surface area contributed by atoms with E-state index >= 15 is 0 Å². The summed E-state index contributed by atoms with van der Waals surface area (Å²) >= 11 is 6.03. The Labute approximate surface area is 321 Å². The molecule has 0 aromatic heterocycles. The second-order valence-electron chi connectivity index (χ2n) is 14.9. The third-order valence-electron chi connectivity index (χ3n) is 10.00. The molecule has 2 fully saturated rings. The number of likely N-dealkylation sites (tertiary alicyclic amines) is 1. The van der Waals surface area contributed by atoms with Crippen molar-refractivity contribution in [3.05, 3.63) is 128 Å². The molecule has 1 aliphatic heterocycles. The number of benzene rings is 4. The Bertz CT molecular complexity index is 2040. The topological polar surface area (TPSA) is 137 Å². The second-order valence-corrected chi connectivity index (χ2v) is 17.1. The lowest BCUT2D eigenvalue weighted by Gasteiger charge is -2.21. The number of piperidine rings is 1. The van der Waals surface area contributed by atoms with Gasteiger partial charge < -0.3 is 14.2 Å². The molecular weight excluding hydrogens is 730 g/mol. The number of carbonyl (C=O) groups is 1. The van der Waals surface area contributed by atoms with Crippen molar-refractivity contribution >= 4 is 33.3 Å². The normalized spacial score (nSPS) is 18.8. The summed E-state index contributed by atoms with van der Waals surface area (Å²) < 4.78 is 46.9. The fraction of sp³-hybridized carbons (Fsp3) is 0.390. The average molecular weight is 776 g/mol. The maximum Gasteiger partial charge on any atom is 0.347 e. The number of nitrogens with one attached hydrogen (secondary N) is 1. The molecule has 1 saturated heterocycles. The highest BCUT2D eigenvalue weighted by atomic mass is 35.5. The maximum absolute atomic E-state index is 13.6. The van der Waals surface area contributed by atoms with E-state index in [1.54, 1.807) is 19.1 Å². The van der Waals surface area contributed by atoms with E-state index in [0.29, 0.717) is 22.1 Å². The highest BCUT2D eigenvalue weighted by Crippen LogP contribution is 2.59. The van der Waals surface area contributed by atoms with Gasteiger partial charge in [0.2, 0.25) is 10.0 Å². The van der Waals surface area contributed by atoms with Crippen molar-refractivity contribution in [2.45, 2.75) is 63.0 Å². The van der Waals surface area contributed by atoms with Gasteiger partial charge in [-0.2, -0.15) is 0 Å². The molecule has 4 aromatic carbocycles. The van der Waals surface area contributed by atoms with Gasteiger partial charge in [-0.25, -0.2) is 17.9 Å². The zero-order valence-electron chi connectivity index (χ0n) is 30.9. The van der Waals surface area contributed by atoms with Crippen LogP contribution >= 0.6 is 11.6 Å². The smallest absolute Gasteiger partial charge is 0.347 e. The first-order valence-corrected chi connectivity index (χ1v) is 20.0. The number of nitrogens with zero attached hydrogens (tertiary/aromatic N) is 2. The largest absolute Gasteiger partial charge is 0.492 e. The molecule has 0 bridgehead atoms. The first-order valence-electron chi connectivity index (χ1n) is 18.1. The van der Waals surface area contributed by atoms with E-state index in [-0.39, 0.29) is 59.9 Å². The molecule has 286 valence electrons. The van der Waals surface area contributed by atoms with Crippen molar-refractivity contribution in [2.75, 3.05) is 32.8 Å². The lowest BCUT2D eigenvalue weighted by Crippen LogP contribution is -2.31. The first-order chi connectivity index (χ1) is 25.7. The second kappa shape index (κ2) is 16.5. The van der Waals surface area contributed by atoms with E-state index in [9.17, 15) is 23.3 Å². The molecule has 1 aliphatic carbocycles. The summed E-state index contributed by atoms with van der Waals surface area (Å²) in [5.74, 6) is 1.01. The Balaban J connectivity index is 1.03. The number of sulfonamides is 1. The standard InChI is InChI=1S/C41H46ClN3O8S/c1-5-51-40(46)37(53-33-17-10-29(11-18-33)41(2,3)4)22-27-8-15-32(16-9-27)52-21-20-43-54(49,50)38-19-14-31(45(47)48)23-34(38)39-35-25-44(26-36(35)39)24-28-6-12-30(42)13-7-28/h6-19,23,35-37,39,43H,5,20-22,24-26H2,1-4H3/t35-,36?,37-,39?/m1/s1. The monoisotopic (exact) mass is 775 g/mol. The number of non-ortho nitro benzene ring substituents is 1. The van der Waals surface area contributed by atoms with Crippen LogP contribution < -0.4 is 14.2 Å². The van der Waals surface area contributed by atoms with Gasteiger partial charge in [-0.05, 0) is 94.8 Å². The predicted octanol–water partition coefficient (Wildman–Crippen LogP) is 7.30. The molecule has 1 N–H and O–H groups in total. The average Bonchev–Trinajstić information content (AvgIpc) is 3.64. The van der Waals surface area contributed by atoms with Crippen LogP contribution in [0.25, 0.3) is 0 Å². The molecule has 0 radical (unpaired) electrons. The van der Waals surface area contributed by atoms with Crippen LogP contribution in [0.3, 0.4) is 0 Å². The van der Waals surface area contributed by atoms with Crippen molar-refractivity contribution in [1.29, 1.82) is 0 Å². The summed E-state index contributed by atoms with van der Waals surface area (Å²) in [6.45, 7) is 10.7. The van der Waals surface area contributed by atoms with Crippen molar-refractivity contribution in [1.82, 2.24) is 9.62 Å². The van der Waals surface area contributed by atoms with Crippen molar-refractivity contribution in [3.8, 4) is 11.5 Å². The molecule has 1 heterocycles. The van der Waals surface area contributed by atoms with Crippen LogP contribution in [0.5, 0.6) is 11.5 Å². The van der Waals surface area contributed by atoms with Gasteiger partial charge in [-0.3, -0.25) is 15.0 Å². The molecular formula is C41H46ClN3O8S. The van der Waals surface area contributed by atoms with Crippen molar-refractivity contribution < 1.29 is 32.3 Å². The van der Waals surface area contributed by atoms with Crippen LogP contribution in [0.15, 0.2) is 95.9 Å². The van der Waals surface area contributed by atoms with Crippen LogP contribution in [0.2, 0.25) is 5.02 Å². The van der Waals surface area contributed by atoms with Gasteiger partial charge in [0.05, 0.1) is 16.4 Å². The molecule has 54 heavy (non-hydrogen) atoms. The highest BCUT2D eigenvalue weighted by Gasteiger charge is 2.57. The first kappa shape index (κ1) is 39.2.